The van der Waals surface area contributed by atoms with Crippen molar-refractivity contribution in [1.29, 1.82) is 0 Å². The predicted molar refractivity (Wildman–Crippen MR) is 202 cm³/mol. The van der Waals surface area contributed by atoms with E-state index in [0.29, 0.717) is 29.2 Å². The maximum absolute atomic E-state index is 14.4. The van der Waals surface area contributed by atoms with Gasteiger partial charge in [-0.3, -0.25) is 9.59 Å². The van der Waals surface area contributed by atoms with E-state index in [1.54, 1.807) is 0 Å². The second kappa shape index (κ2) is 15.0. The van der Waals surface area contributed by atoms with Crippen molar-refractivity contribution in [2.24, 2.45) is 11.8 Å². The Morgan fingerprint density at radius 1 is 0.571 bits per heavy atom. The Kier molecular flexibility index (Phi) is 9.95. The van der Waals surface area contributed by atoms with Crippen LogP contribution < -0.4 is 11.1 Å². The van der Waals surface area contributed by atoms with Gasteiger partial charge >= 0.3 is 0 Å². The average Bonchev–Trinajstić information content (AvgIpc) is 3.16. The van der Waals surface area contributed by atoms with Gasteiger partial charge in [-0.15, -0.1) is 0 Å². The molecule has 0 saturated heterocycles. The quantitative estimate of drug-likeness (QED) is 0.195. The largest absolute Gasteiger partial charge is 0.308 e. The van der Waals surface area contributed by atoms with Gasteiger partial charge in [-0.1, -0.05) is 74.9 Å². The second-order valence-electron chi connectivity index (χ2n) is 14.0. The van der Waals surface area contributed by atoms with Crippen molar-refractivity contribution in [3.63, 3.8) is 0 Å². The summed E-state index contributed by atoms with van der Waals surface area (Å²) in [4.78, 5) is 28.6. The van der Waals surface area contributed by atoms with Gasteiger partial charge in [-0.05, 0) is 129 Å². The van der Waals surface area contributed by atoms with E-state index >= 15 is 0 Å². The highest BCUT2D eigenvalue weighted by Crippen LogP contribution is 2.33. The summed E-state index contributed by atoms with van der Waals surface area (Å²) < 4.78 is 3.90. The van der Waals surface area contributed by atoms with Crippen LogP contribution in [-0.2, 0) is 6.54 Å². The Bertz CT molecular complexity index is 2190. The summed E-state index contributed by atoms with van der Waals surface area (Å²) in [6.07, 6.45) is 11.9. The van der Waals surface area contributed by atoms with Gasteiger partial charge in [0.15, 0.2) is 0 Å². The fourth-order valence-corrected chi connectivity index (χ4v) is 7.76. The highest BCUT2D eigenvalue weighted by molar-refractivity contribution is 5.79. The summed E-state index contributed by atoms with van der Waals surface area (Å²) in [7, 11) is 0. The van der Waals surface area contributed by atoms with Crippen LogP contribution in [0.25, 0.3) is 43.4 Å². The molecule has 0 amide bonds. The zero-order chi connectivity index (χ0) is 33.6. The first kappa shape index (κ1) is 32.5. The molecule has 6 bridgehead atoms. The second-order valence-corrected chi connectivity index (χ2v) is 14.0. The molecule has 9 aromatic rings. The molecule has 0 radical (unpaired) electrons. The SMILES string of the molecule is C[C@H](C1CCCCC1)n1c(=O)c2ccc(cc2)c(=O)n(CC2CCCCC2)c2ccc(c#cc3ccccc3c#cc3ccc1cc3)cc2. The molecule has 0 N–H and O–H groups in total. The molecule has 11 rings (SSSR count). The molecule has 246 valence electrons. The van der Waals surface area contributed by atoms with Gasteiger partial charge in [-0.2, -0.15) is 0 Å². The zero-order valence-corrected chi connectivity index (χ0v) is 28.5. The molecular formula is C45H44N2O2. The maximum Gasteiger partial charge on any atom is 0.258 e. The van der Waals surface area contributed by atoms with Crippen molar-refractivity contribution in [3.05, 3.63) is 142 Å². The molecule has 2 aliphatic rings. The molecule has 2 aliphatic carbocycles. The number of nitrogens with zero attached hydrogens (tertiary/aromatic N) is 2. The van der Waals surface area contributed by atoms with Crippen LogP contribution in [-0.4, -0.2) is 9.13 Å². The number of hydrogen-bond acceptors (Lipinski definition) is 2. The van der Waals surface area contributed by atoms with Gasteiger partial charge < -0.3 is 9.13 Å². The minimum Gasteiger partial charge on any atom is -0.308 e. The van der Waals surface area contributed by atoms with Crippen molar-refractivity contribution in [1.82, 2.24) is 9.13 Å². The lowest BCUT2D eigenvalue weighted by Gasteiger charge is -2.29. The van der Waals surface area contributed by atoms with E-state index in [9.17, 15) is 9.59 Å². The van der Waals surface area contributed by atoms with Gasteiger partial charge in [0.05, 0.1) is 0 Å². The van der Waals surface area contributed by atoms with E-state index in [1.807, 2.05) is 106 Å². The van der Waals surface area contributed by atoms with Crippen molar-refractivity contribution in [2.75, 3.05) is 0 Å². The third kappa shape index (κ3) is 7.50. The van der Waals surface area contributed by atoms with Gasteiger partial charge in [0, 0.05) is 55.9 Å². The Morgan fingerprint density at radius 3 is 1.61 bits per heavy atom. The third-order valence-corrected chi connectivity index (χ3v) is 10.7. The Morgan fingerprint density at radius 2 is 1.06 bits per heavy atom. The lowest BCUT2D eigenvalue weighted by Crippen LogP contribution is -2.28. The van der Waals surface area contributed by atoms with Gasteiger partial charge in [0.25, 0.3) is 11.1 Å². The molecule has 5 aromatic heterocycles. The lowest BCUT2D eigenvalue weighted by molar-refractivity contribution is 0.265. The number of benzene rings is 4. The van der Waals surface area contributed by atoms with Crippen LogP contribution >= 0.6 is 0 Å². The van der Waals surface area contributed by atoms with Crippen LogP contribution in [0.15, 0.2) is 107 Å². The smallest absolute Gasteiger partial charge is 0.258 e. The van der Waals surface area contributed by atoms with Gasteiger partial charge in [-0.25, -0.2) is 0 Å². The first-order valence-corrected chi connectivity index (χ1v) is 18.1. The fraction of sp³-hybridized carbons (Fsp3) is 0.333. The van der Waals surface area contributed by atoms with E-state index < -0.39 is 0 Å². The Labute approximate surface area is 289 Å². The predicted octanol–water partition coefficient (Wildman–Crippen LogP) is 10.4. The van der Waals surface area contributed by atoms with E-state index in [2.05, 4.69) is 31.2 Å². The normalized spacial score (nSPS) is 15.9. The van der Waals surface area contributed by atoms with Crippen molar-refractivity contribution in [3.8, 4) is 0 Å². The van der Waals surface area contributed by atoms with Gasteiger partial charge in [0.2, 0.25) is 0 Å². The molecule has 0 unspecified atom stereocenters. The van der Waals surface area contributed by atoms with E-state index in [4.69, 9.17) is 0 Å². The molecule has 4 aromatic carbocycles. The van der Waals surface area contributed by atoms with Gasteiger partial charge in [0.1, 0.15) is 0 Å². The number of fused-ring (bicyclic) bond motifs is 1. The monoisotopic (exact) mass is 644 g/mol. The molecule has 0 aliphatic heterocycles. The summed E-state index contributed by atoms with van der Waals surface area (Å²) >= 11 is 0. The van der Waals surface area contributed by atoms with Crippen LogP contribution in [0, 0.1) is 36.1 Å². The van der Waals surface area contributed by atoms with E-state index in [-0.39, 0.29) is 17.2 Å². The Balaban J connectivity index is 1.49. The molecular weight excluding hydrogens is 601 g/mol. The summed E-state index contributed by atoms with van der Waals surface area (Å²) in [6, 6.07) is 44.7. The zero-order valence-electron chi connectivity index (χ0n) is 28.5. The fourth-order valence-electron chi connectivity index (χ4n) is 7.76. The summed E-state index contributed by atoms with van der Waals surface area (Å²) in [5, 5.41) is 4.67. The third-order valence-electron chi connectivity index (χ3n) is 10.7. The molecule has 2 fully saturated rings. The topological polar surface area (TPSA) is 44.0 Å². The summed E-state index contributed by atoms with van der Waals surface area (Å²) in [5.74, 6) is 0.907. The lowest BCUT2D eigenvalue weighted by atomic mass is 9.84. The Hall–Kier alpha value is -5.06. The minimum absolute atomic E-state index is 0.0380. The molecule has 49 heavy (non-hydrogen) atoms. The van der Waals surface area contributed by atoms with Crippen LogP contribution in [0.4, 0.5) is 0 Å². The van der Waals surface area contributed by atoms with Crippen LogP contribution in [0.5, 0.6) is 0 Å². The van der Waals surface area contributed by atoms with E-state index in [1.165, 1.54) is 38.5 Å². The maximum atomic E-state index is 14.4. The number of rotatable bonds is 4. The van der Waals surface area contributed by atoms with Crippen molar-refractivity contribution >= 4 is 43.4 Å². The number of aromatic nitrogens is 2. The van der Waals surface area contributed by atoms with Crippen LogP contribution in [0.3, 0.4) is 0 Å². The minimum atomic E-state index is -0.0415. The van der Waals surface area contributed by atoms with Crippen molar-refractivity contribution < 1.29 is 0 Å². The van der Waals surface area contributed by atoms with Crippen LogP contribution in [0.2, 0.25) is 0 Å². The summed E-state index contributed by atoms with van der Waals surface area (Å²) in [6.45, 7) is 2.87. The molecule has 1 atom stereocenters. The molecule has 5 heterocycles. The summed E-state index contributed by atoms with van der Waals surface area (Å²) in [5.41, 5.74) is 1.65. The highest BCUT2D eigenvalue weighted by atomic mass is 16.1. The first-order valence-electron chi connectivity index (χ1n) is 18.1. The van der Waals surface area contributed by atoms with E-state index in [0.717, 1.165) is 58.3 Å². The van der Waals surface area contributed by atoms with Crippen LogP contribution in [0.1, 0.15) is 77.2 Å². The highest BCUT2D eigenvalue weighted by Gasteiger charge is 2.23. The number of hydrogen-bond donors (Lipinski definition) is 0. The molecule has 0 spiro atoms. The molecule has 4 nitrogen and oxygen atoms in total. The van der Waals surface area contributed by atoms with Crippen molar-refractivity contribution in [2.45, 2.75) is 83.7 Å². The molecule has 2 saturated carbocycles. The average molecular weight is 645 g/mol. The standard InChI is InChI=1S/C45H44N2O2/c1-33(37-12-6-3-7-13-37)47-43-30-20-35(21-31-43)17-23-39-15-9-8-14-38(39)22-16-34-18-28-42(29-19-34)46(32-36-10-4-2-5-11-36)44(48)40-24-26-41(27-25-40)45(47)49/h8-9,14-15,18-21,24-31,33,36-37H,2-7,10-13,32H2,1H3/t33-/m1/s1. The molecule has 4 heteroatoms. The first-order chi connectivity index (χ1) is 24.0.